The molecule has 44 heavy (non-hydrogen) atoms. The highest BCUT2D eigenvalue weighted by atomic mass is 19.4. The van der Waals surface area contributed by atoms with Crippen LogP contribution in [0, 0.1) is 0 Å². The predicted octanol–water partition coefficient (Wildman–Crippen LogP) is 10.1. The van der Waals surface area contributed by atoms with E-state index in [2.05, 4.69) is 11.7 Å². The standard InChI is InChI=1S/C29H30F12O3/c1-2-3-4-5-6-7-8-17-43-22-15-13-20(14-16-22)19-9-11-21(12-10-19)23(42)44-18-25(32,33)27(36,37)29(40,41)28(38,39)26(34,35)24(30)31/h9-16,24H,2-8,17-18H2,1H3. The number of hydrogen-bond donors (Lipinski definition) is 0. The van der Waals surface area contributed by atoms with E-state index < -0.39 is 54.2 Å². The number of unbranched alkanes of at least 4 members (excludes halogenated alkanes) is 6. The zero-order valence-electron chi connectivity index (χ0n) is 23.3. The molecule has 0 aliphatic rings. The third-order valence-corrected chi connectivity index (χ3v) is 6.65. The summed E-state index contributed by atoms with van der Waals surface area (Å²) >= 11 is 0. The fraction of sp³-hybridized carbons (Fsp3) is 0.552. The summed E-state index contributed by atoms with van der Waals surface area (Å²) in [6.45, 7) is -0.298. The van der Waals surface area contributed by atoms with E-state index in [1.807, 2.05) is 0 Å². The van der Waals surface area contributed by atoms with E-state index in [1.165, 1.54) is 37.8 Å². The Hall–Kier alpha value is -3.13. The number of carbonyl (C=O) groups is 1. The quantitative estimate of drug-likeness (QED) is 0.0912. The van der Waals surface area contributed by atoms with Gasteiger partial charge < -0.3 is 9.47 Å². The molecular formula is C29H30F12O3. The molecule has 0 radical (unpaired) electrons. The first-order valence-electron chi connectivity index (χ1n) is 13.5. The first-order valence-corrected chi connectivity index (χ1v) is 13.5. The molecule has 0 saturated carbocycles. The Labute approximate surface area is 245 Å². The zero-order chi connectivity index (χ0) is 33.4. The summed E-state index contributed by atoms with van der Waals surface area (Å²) in [7, 11) is 0. The van der Waals surface area contributed by atoms with Crippen LogP contribution in [0.15, 0.2) is 48.5 Å². The number of carbonyl (C=O) groups excluding carboxylic acids is 1. The van der Waals surface area contributed by atoms with Gasteiger partial charge in [-0.2, -0.15) is 43.9 Å². The summed E-state index contributed by atoms with van der Waals surface area (Å²) in [4.78, 5) is 12.0. The molecule has 0 aliphatic carbocycles. The molecule has 248 valence electrons. The highest BCUT2D eigenvalue weighted by Crippen LogP contribution is 2.58. The maximum Gasteiger partial charge on any atom is 0.384 e. The van der Waals surface area contributed by atoms with E-state index in [0.717, 1.165) is 31.4 Å². The number of halogens is 12. The van der Waals surface area contributed by atoms with E-state index in [9.17, 15) is 57.5 Å². The smallest absolute Gasteiger partial charge is 0.384 e. The summed E-state index contributed by atoms with van der Waals surface area (Å²) in [5, 5.41) is 0. The Morgan fingerprint density at radius 1 is 0.659 bits per heavy atom. The monoisotopic (exact) mass is 654 g/mol. The second kappa shape index (κ2) is 14.8. The van der Waals surface area contributed by atoms with Crippen molar-refractivity contribution >= 4 is 5.97 Å². The van der Waals surface area contributed by atoms with Crippen LogP contribution in [0.25, 0.3) is 11.1 Å². The molecule has 2 aromatic carbocycles. The van der Waals surface area contributed by atoms with Crippen molar-refractivity contribution in [1.82, 2.24) is 0 Å². The lowest BCUT2D eigenvalue weighted by molar-refractivity contribution is -0.414. The third-order valence-electron chi connectivity index (χ3n) is 6.65. The highest BCUT2D eigenvalue weighted by molar-refractivity contribution is 5.90. The van der Waals surface area contributed by atoms with Gasteiger partial charge in [-0.25, -0.2) is 13.6 Å². The van der Waals surface area contributed by atoms with E-state index >= 15 is 0 Å². The molecule has 0 aromatic heterocycles. The van der Waals surface area contributed by atoms with Crippen molar-refractivity contribution in [3.05, 3.63) is 54.1 Å². The molecule has 0 unspecified atom stereocenters. The molecule has 3 nitrogen and oxygen atoms in total. The maximum atomic E-state index is 13.9. The van der Waals surface area contributed by atoms with Gasteiger partial charge in [0.05, 0.1) is 12.2 Å². The lowest BCUT2D eigenvalue weighted by Gasteiger charge is -2.38. The third kappa shape index (κ3) is 8.12. The minimum atomic E-state index is -7.69. The van der Waals surface area contributed by atoms with Crippen molar-refractivity contribution < 1.29 is 67.0 Å². The summed E-state index contributed by atoms with van der Waals surface area (Å²) in [6.07, 6.45) is 2.23. The van der Waals surface area contributed by atoms with E-state index in [1.54, 1.807) is 24.3 Å². The number of esters is 1. The minimum Gasteiger partial charge on any atom is -0.494 e. The second-order valence-electron chi connectivity index (χ2n) is 10.00. The van der Waals surface area contributed by atoms with Crippen LogP contribution in [-0.4, -0.2) is 55.2 Å². The van der Waals surface area contributed by atoms with Crippen molar-refractivity contribution in [2.24, 2.45) is 0 Å². The van der Waals surface area contributed by atoms with Crippen LogP contribution in [0.2, 0.25) is 0 Å². The Morgan fingerprint density at radius 3 is 1.64 bits per heavy atom. The number of ether oxygens (including phenoxy) is 2. The molecule has 0 saturated heterocycles. The van der Waals surface area contributed by atoms with Gasteiger partial charge in [0.15, 0.2) is 6.61 Å². The van der Waals surface area contributed by atoms with Crippen molar-refractivity contribution in [2.75, 3.05) is 13.2 Å². The molecule has 2 aromatic rings. The molecule has 0 aliphatic heterocycles. The van der Waals surface area contributed by atoms with Crippen molar-refractivity contribution in [1.29, 1.82) is 0 Å². The van der Waals surface area contributed by atoms with E-state index in [-0.39, 0.29) is 0 Å². The molecule has 2 rings (SSSR count). The van der Waals surface area contributed by atoms with E-state index in [0.29, 0.717) is 23.5 Å². The number of hydrogen-bond acceptors (Lipinski definition) is 3. The van der Waals surface area contributed by atoms with Crippen LogP contribution in [0.1, 0.15) is 62.2 Å². The molecule has 0 atom stereocenters. The Bertz CT molecular complexity index is 1180. The number of alkyl halides is 12. The van der Waals surface area contributed by atoms with Crippen LogP contribution in [0.4, 0.5) is 52.7 Å². The molecule has 0 heterocycles. The highest BCUT2D eigenvalue weighted by Gasteiger charge is 2.87. The molecule has 0 bridgehead atoms. The SMILES string of the molecule is CCCCCCCCCOc1ccc(-c2ccc(C(=O)OCC(F)(F)C(F)(F)C(F)(F)C(F)(F)C(F)(F)C(F)F)cc2)cc1. The molecule has 0 N–H and O–H groups in total. The summed E-state index contributed by atoms with van der Waals surface area (Å²) in [5.74, 6) is -37.3. The van der Waals surface area contributed by atoms with Gasteiger partial charge in [-0.05, 0) is 41.8 Å². The fourth-order valence-corrected chi connectivity index (χ4v) is 3.89. The minimum absolute atomic E-state index is 0.485. The van der Waals surface area contributed by atoms with Crippen LogP contribution in [-0.2, 0) is 4.74 Å². The van der Waals surface area contributed by atoms with Crippen LogP contribution in [0.3, 0.4) is 0 Å². The van der Waals surface area contributed by atoms with Gasteiger partial charge in [-0.1, -0.05) is 69.7 Å². The fourth-order valence-electron chi connectivity index (χ4n) is 3.89. The van der Waals surface area contributed by atoms with Gasteiger partial charge in [0.2, 0.25) is 0 Å². The van der Waals surface area contributed by atoms with Crippen molar-refractivity contribution in [2.45, 2.75) is 87.9 Å². The lowest BCUT2D eigenvalue weighted by atomic mass is 9.94. The molecule has 0 amide bonds. The molecule has 0 spiro atoms. The van der Waals surface area contributed by atoms with Gasteiger partial charge in [0.1, 0.15) is 5.75 Å². The average molecular weight is 655 g/mol. The second-order valence-corrected chi connectivity index (χ2v) is 10.00. The molecule has 0 fully saturated rings. The summed E-state index contributed by atoms with van der Waals surface area (Å²) in [6, 6.07) is 11.3. The maximum absolute atomic E-state index is 13.9. The van der Waals surface area contributed by atoms with Gasteiger partial charge in [-0.15, -0.1) is 0 Å². The molecule has 15 heteroatoms. The van der Waals surface area contributed by atoms with Gasteiger partial charge in [-0.3, -0.25) is 0 Å². The van der Waals surface area contributed by atoms with Crippen LogP contribution >= 0.6 is 0 Å². The Kier molecular flexibility index (Phi) is 12.4. The number of benzene rings is 2. The van der Waals surface area contributed by atoms with Gasteiger partial charge in [0.25, 0.3) is 0 Å². The summed E-state index contributed by atoms with van der Waals surface area (Å²) < 4.78 is 169. The van der Waals surface area contributed by atoms with Gasteiger partial charge in [0, 0.05) is 0 Å². The summed E-state index contributed by atoms with van der Waals surface area (Å²) in [5.41, 5.74) is 0.547. The molecular weight excluding hydrogens is 624 g/mol. The van der Waals surface area contributed by atoms with Crippen LogP contribution < -0.4 is 4.74 Å². The Morgan fingerprint density at radius 2 is 1.14 bits per heavy atom. The largest absolute Gasteiger partial charge is 0.494 e. The average Bonchev–Trinajstić information content (AvgIpc) is 2.97. The normalized spacial score (nSPS) is 13.3. The lowest BCUT2D eigenvalue weighted by Crippen LogP contribution is -2.69. The van der Waals surface area contributed by atoms with Crippen molar-refractivity contribution in [3.63, 3.8) is 0 Å². The topological polar surface area (TPSA) is 35.5 Å². The van der Waals surface area contributed by atoms with Crippen molar-refractivity contribution in [3.8, 4) is 16.9 Å². The number of rotatable bonds is 18. The van der Waals surface area contributed by atoms with Gasteiger partial charge >= 0.3 is 42.0 Å². The predicted molar refractivity (Wildman–Crippen MR) is 136 cm³/mol. The van der Waals surface area contributed by atoms with Crippen LogP contribution in [0.5, 0.6) is 5.75 Å². The first kappa shape index (κ1) is 37.1. The van der Waals surface area contributed by atoms with E-state index in [4.69, 9.17) is 4.74 Å². The Balaban J connectivity index is 1.98. The zero-order valence-corrected chi connectivity index (χ0v) is 23.3. The first-order chi connectivity index (χ1) is 20.3.